The van der Waals surface area contributed by atoms with E-state index in [0.717, 1.165) is 57.8 Å². The standard InChI is InChI=1S/C43H81N2O7P/c1-3-5-7-9-11-13-15-17-18-19-20-21-23-25-27-29-31-33-35-42(47)41(39-52-53(49,50)51-37-36-44)45-43(48)38-40(46)34-32-30-28-26-24-22-16-14-12-10-8-6-4-2/h14,16,19-20,25,27,33,35,40-42,46-47H,3-13,15,17-18,21-24,26,28-32,34,36-39,44H2,1-2H3,(H,45,48)(H,49,50)/b16-14-,20-19+,27-25+,35-33+. The topological polar surface area (TPSA) is 151 Å². The third kappa shape index (κ3) is 37.1. The minimum atomic E-state index is -4.41. The number of phosphoric acid groups is 1. The summed E-state index contributed by atoms with van der Waals surface area (Å²) in [5.41, 5.74) is 5.35. The summed E-state index contributed by atoms with van der Waals surface area (Å²) in [6.07, 6.45) is 43.4. The maximum atomic E-state index is 12.8. The Labute approximate surface area is 325 Å². The second-order valence-corrected chi connectivity index (χ2v) is 15.8. The number of nitrogens with one attached hydrogen (secondary N) is 1. The Bertz CT molecular complexity index is 988. The maximum absolute atomic E-state index is 12.8. The molecule has 0 aromatic carbocycles. The van der Waals surface area contributed by atoms with Gasteiger partial charge in [0.05, 0.1) is 37.9 Å². The van der Waals surface area contributed by atoms with E-state index in [1.165, 1.54) is 89.9 Å². The van der Waals surface area contributed by atoms with E-state index in [1.807, 2.05) is 6.08 Å². The number of nitrogens with two attached hydrogens (primary N) is 1. The van der Waals surface area contributed by atoms with Crippen molar-refractivity contribution in [3.8, 4) is 0 Å². The van der Waals surface area contributed by atoms with Gasteiger partial charge < -0.3 is 26.2 Å². The van der Waals surface area contributed by atoms with Crippen molar-refractivity contribution >= 4 is 13.7 Å². The van der Waals surface area contributed by atoms with Gasteiger partial charge in [0.1, 0.15) is 0 Å². The van der Waals surface area contributed by atoms with Gasteiger partial charge in [-0.2, -0.15) is 0 Å². The summed E-state index contributed by atoms with van der Waals surface area (Å²) in [6.45, 7) is 3.91. The Morgan fingerprint density at radius 3 is 1.58 bits per heavy atom. The average Bonchev–Trinajstić information content (AvgIpc) is 3.13. The Kier molecular flexibility index (Phi) is 37.5. The van der Waals surface area contributed by atoms with Crippen LogP contribution in [0.3, 0.4) is 0 Å². The molecule has 0 saturated carbocycles. The molecule has 0 bridgehead atoms. The first-order valence-electron chi connectivity index (χ1n) is 21.3. The molecule has 4 unspecified atom stereocenters. The molecule has 0 aromatic rings. The summed E-state index contributed by atoms with van der Waals surface area (Å²) in [5, 5.41) is 24.0. The van der Waals surface area contributed by atoms with Crippen molar-refractivity contribution in [2.75, 3.05) is 19.8 Å². The van der Waals surface area contributed by atoms with Crippen molar-refractivity contribution in [3.05, 3.63) is 48.6 Å². The third-order valence-corrected chi connectivity index (χ3v) is 10.1. The van der Waals surface area contributed by atoms with Crippen LogP contribution >= 0.6 is 7.82 Å². The van der Waals surface area contributed by atoms with E-state index in [4.69, 9.17) is 14.8 Å². The second kappa shape index (κ2) is 38.7. The van der Waals surface area contributed by atoms with Gasteiger partial charge >= 0.3 is 7.82 Å². The molecule has 0 radical (unpaired) electrons. The number of aliphatic hydroxyl groups excluding tert-OH is 2. The zero-order chi connectivity index (χ0) is 39.1. The van der Waals surface area contributed by atoms with Crippen molar-refractivity contribution in [2.45, 2.75) is 199 Å². The maximum Gasteiger partial charge on any atom is 0.472 e. The van der Waals surface area contributed by atoms with Crippen LogP contribution in [-0.4, -0.2) is 59.0 Å². The van der Waals surface area contributed by atoms with Gasteiger partial charge in [0.15, 0.2) is 0 Å². The molecule has 1 amide bonds. The van der Waals surface area contributed by atoms with E-state index in [2.05, 4.69) is 55.6 Å². The Morgan fingerprint density at radius 2 is 1.08 bits per heavy atom. The fourth-order valence-corrected chi connectivity index (χ4v) is 6.67. The molecule has 0 aliphatic heterocycles. The fraction of sp³-hybridized carbons (Fsp3) is 0.791. The predicted molar refractivity (Wildman–Crippen MR) is 223 cm³/mol. The number of rotatable bonds is 39. The summed E-state index contributed by atoms with van der Waals surface area (Å²) < 4.78 is 22.0. The van der Waals surface area contributed by atoms with Crippen LogP contribution < -0.4 is 11.1 Å². The second-order valence-electron chi connectivity index (χ2n) is 14.4. The zero-order valence-electron chi connectivity index (χ0n) is 33.9. The number of aliphatic hydroxyl groups is 2. The van der Waals surface area contributed by atoms with Crippen LogP contribution in [0.1, 0.15) is 181 Å². The van der Waals surface area contributed by atoms with E-state index in [0.29, 0.717) is 12.8 Å². The van der Waals surface area contributed by atoms with E-state index >= 15 is 0 Å². The van der Waals surface area contributed by atoms with Gasteiger partial charge in [-0.25, -0.2) is 4.57 Å². The number of phosphoric ester groups is 1. The van der Waals surface area contributed by atoms with Crippen LogP contribution in [0.4, 0.5) is 0 Å². The average molecular weight is 769 g/mol. The zero-order valence-corrected chi connectivity index (χ0v) is 34.8. The monoisotopic (exact) mass is 769 g/mol. The highest BCUT2D eigenvalue weighted by Crippen LogP contribution is 2.43. The summed E-state index contributed by atoms with van der Waals surface area (Å²) in [4.78, 5) is 22.7. The smallest absolute Gasteiger partial charge is 0.393 e. The minimum absolute atomic E-state index is 0.0401. The first-order chi connectivity index (χ1) is 25.8. The largest absolute Gasteiger partial charge is 0.472 e. The first kappa shape index (κ1) is 51.4. The summed E-state index contributed by atoms with van der Waals surface area (Å²) in [6, 6.07) is -1.01. The molecule has 0 heterocycles. The molecule has 6 N–H and O–H groups in total. The Balaban J connectivity index is 4.45. The van der Waals surface area contributed by atoms with E-state index in [9.17, 15) is 24.5 Å². The predicted octanol–water partition coefficient (Wildman–Crippen LogP) is 10.7. The number of carbonyl (C=O) groups is 1. The third-order valence-electron chi connectivity index (χ3n) is 9.16. The number of allylic oxidation sites excluding steroid dienone is 7. The van der Waals surface area contributed by atoms with Crippen LogP contribution in [0.5, 0.6) is 0 Å². The van der Waals surface area contributed by atoms with Gasteiger partial charge in [-0.15, -0.1) is 0 Å². The van der Waals surface area contributed by atoms with Crippen molar-refractivity contribution in [1.29, 1.82) is 0 Å². The molecular formula is C43H81N2O7P. The van der Waals surface area contributed by atoms with Crippen LogP contribution in [0.15, 0.2) is 48.6 Å². The van der Waals surface area contributed by atoms with Gasteiger partial charge in [-0.3, -0.25) is 13.8 Å². The Hall–Kier alpha value is -1.58. The number of amides is 1. The molecule has 0 aliphatic rings. The van der Waals surface area contributed by atoms with Gasteiger partial charge in [0, 0.05) is 6.54 Å². The lowest BCUT2D eigenvalue weighted by molar-refractivity contribution is -0.124. The lowest BCUT2D eigenvalue weighted by Crippen LogP contribution is -2.46. The van der Waals surface area contributed by atoms with Crippen molar-refractivity contribution < 1.29 is 33.5 Å². The summed E-state index contributed by atoms with van der Waals surface area (Å²) in [7, 11) is -4.41. The highest BCUT2D eigenvalue weighted by atomic mass is 31.2. The lowest BCUT2D eigenvalue weighted by Gasteiger charge is -2.24. The van der Waals surface area contributed by atoms with Crippen LogP contribution in [0, 0.1) is 0 Å². The molecule has 310 valence electrons. The normalized spacial score (nSPS) is 15.2. The van der Waals surface area contributed by atoms with E-state index < -0.39 is 38.6 Å². The molecule has 0 aliphatic carbocycles. The minimum Gasteiger partial charge on any atom is -0.393 e. The number of carbonyl (C=O) groups excluding carboxylic acids is 1. The van der Waals surface area contributed by atoms with Gasteiger partial charge in [0.25, 0.3) is 0 Å². The molecule has 0 rings (SSSR count). The fourth-order valence-electron chi connectivity index (χ4n) is 5.91. The van der Waals surface area contributed by atoms with Crippen molar-refractivity contribution in [2.24, 2.45) is 5.73 Å². The first-order valence-corrected chi connectivity index (χ1v) is 22.8. The number of hydrogen-bond acceptors (Lipinski definition) is 7. The number of unbranched alkanes of at least 4 members (excludes halogenated alkanes) is 19. The van der Waals surface area contributed by atoms with Crippen molar-refractivity contribution in [1.82, 2.24) is 5.32 Å². The van der Waals surface area contributed by atoms with Crippen LogP contribution in [-0.2, 0) is 18.4 Å². The van der Waals surface area contributed by atoms with Gasteiger partial charge in [-0.1, -0.05) is 152 Å². The molecule has 0 spiro atoms. The SMILES string of the molecule is CCCCCC/C=C\CCCCCCCC(O)CC(=O)NC(COP(=O)(O)OCCN)C(O)/C=C/CC/C=C/CC/C=C/CCCCCCCCCC. The van der Waals surface area contributed by atoms with Crippen molar-refractivity contribution in [3.63, 3.8) is 0 Å². The van der Waals surface area contributed by atoms with Crippen LogP contribution in [0.25, 0.3) is 0 Å². The molecule has 0 aromatic heterocycles. The van der Waals surface area contributed by atoms with E-state index in [1.54, 1.807) is 6.08 Å². The highest BCUT2D eigenvalue weighted by molar-refractivity contribution is 7.47. The quantitative estimate of drug-likeness (QED) is 0.0235. The molecule has 10 heteroatoms. The van der Waals surface area contributed by atoms with Crippen LogP contribution in [0.2, 0.25) is 0 Å². The molecule has 0 saturated heterocycles. The summed E-state index contributed by atoms with van der Waals surface area (Å²) in [5.74, 6) is -0.467. The molecule has 4 atom stereocenters. The molecule has 0 fully saturated rings. The van der Waals surface area contributed by atoms with Gasteiger partial charge in [0.2, 0.25) is 5.91 Å². The molecular weight excluding hydrogens is 687 g/mol. The lowest BCUT2D eigenvalue weighted by atomic mass is 10.0. The molecule has 53 heavy (non-hydrogen) atoms. The van der Waals surface area contributed by atoms with E-state index in [-0.39, 0.29) is 19.6 Å². The summed E-state index contributed by atoms with van der Waals surface area (Å²) >= 11 is 0. The molecule has 9 nitrogen and oxygen atoms in total. The Morgan fingerprint density at radius 1 is 0.642 bits per heavy atom. The van der Waals surface area contributed by atoms with Gasteiger partial charge in [-0.05, 0) is 70.6 Å². The highest BCUT2D eigenvalue weighted by Gasteiger charge is 2.27. The number of hydrogen-bond donors (Lipinski definition) is 5.